The fraction of sp³-hybridized carbons (Fsp3) is 0.455. The second-order valence-electron chi connectivity index (χ2n) is 10.8. The number of halogens is 2. The van der Waals surface area contributed by atoms with Crippen LogP contribution in [0.15, 0.2) is 78.5 Å². The molecule has 0 aliphatic heterocycles. The molecule has 0 saturated heterocycles. The Morgan fingerprint density at radius 2 is 1.62 bits per heavy atom. The third-order valence-corrected chi connectivity index (χ3v) is 7.99. The molecule has 0 radical (unpaired) electrons. The van der Waals surface area contributed by atoms with Gasteiger partial charge in [0.1, 0.15) is 23.9 Å². The first kappa shape index (κ1) is 29.8. The monoisotopic (exact) mass is 551 g/mol. The average molecular weight is 552 g/mol. The van der Waals surface area contributed by atoms with Crippen LogP contribution in [0, 0.1) is 5.92 Å². The number of carbonyl (C=O) groups excluding carboxylic acids is 2. The molecule has 1 saturated carbocycles. The third-order valence-electron chi connectivity index (χ3n) is 7.99. The van der Waals surface area contributed by atoms with E-state index in [4.69, 9.17) is 9.47 Å². The molecule has 0 aromatic heterocycles. The summed E-state index contributed by atoms with van der Waals surface area (Å²) in [6.45, 7) is 1.14. The number of ketones is 1. The summed E-state index contributed by atoms with van der Waals surface area (Å²) in [5.74, 6) is -3.91. The van der Waals surface area contributed by atoms with Crippen LogP contribution in [0.25, 0.3) is 0 Å². The minimum absolute atomic E-state index is 0.0581. The van der Waals surface area contributed by atoms with Crippen molar-refractivity contribution < 1.29 is 27.8 Å². The van der Waals surface area contributed by atoms with Crippen molar-refractivity contribution in [3.63, 3.8) is 0 Å². The number of nitrogens with zero attached hydrogens (tertiary/aromatic N) is 1. The summed E-state index contributed by atoms with van der Waals surface area (Å²) in [4.78, 5) is 29.8. The summed E-state index contributed by atoms with van der Waals surface area (Å²) < 4.78 is 38.6. The fourth-order valence-corrected chi connectivity index (χ4v) is 5.67. The van der Waals surface area contributed by atoms with E-state index in [1.54, 1.807) is 31.3 Å². The number of alkyl halides is 2. The molecule has 2 unspecified atom stereocenters. The first-order chi connectivity index (χ1) is 19.2. The summed E-state index contributed by atoms with van der Waals surface area (Å²) in [7, 11) is 3.18. The van der Waals surface area contributed by atoms with Gasteiger partial charge in [-0.25, -0.2) is 8.78 Å². The van der Waals surface area contributed by atoms with E-state index in [2.05, 4.69) is 0 Å². The van der Waals surface area contributed by atoms with Gasteiger partial charge in [0.05, 0.1) is 0 Å². The van der Waals surface area contributed by atoms with Crippen molar-refractivity contribution in [2.24, 2.45) is 5.92 Å². The molecule has 2 aromatic rings. The second kappa shape index (κ2) is 13.5. The van der Waals surface area contributed by atoms with Crippen molar-refractivity contribution in [3.8, 4) is 0 Å². The van der Waals surface area contributed by atoms with Crippen LogP contribution in [0.3, 0.4) is 0 Å². The second-order valence-corrected chi connectivity index (χ2v) is 10.8. The Morgan fingerprint density at radius 3 is 2.23 bits per heavy atom. The van der Waals surface area contributed by atoms with E-state index in [1.165, 1.54) is 12.1 Å². The number of rotatable bonds is 12. The maximum atomic E-state index is 14.4. The molecule has 0 bridgehead atoms. The highest BCUT2D eigenvalue weighted by atomic mass is 19.3. The number of ether oxygens (including phenoxy) is 2. The number of carbonyl (C=O) groups is 2. The van der Waals surface area contributed by atoms with Crippen molar-refractivity contribution >= 4 is 11.7 Å². The highest BCUT2D eigenvalue weighted by molar-refractivity contribution is 6.07. The summed E-state index contributed by atoms with van der Waals surface area (Å²) in [6.07, 6.45) is 9.88. The number of hydrogen-bond donors (Lipinski definition) is 0. The van der Waals surface area contributed by atoms with Gasteiger partial charge in [-0.05, 0) is 35.6 Å². The largest absolute Gasteiger partial charge is 0.374 e. The molecule has 40 heavy (non-hydrogen) atoms. The molecule has 214 valence electrons. The molecule has 3 atom stereocenters. The Bertz CT molecular complexity index is 1200. The maximum absolute atomic E-state index is 14.4. The Morgan fingerprint density at radius 1 is 0.975 bits per heavy atom. The molecule has 2 aromatic carbocycles. The van der Waals surface area contributed by atoms with Gasteiger partial charge >= 0.3 is 0 Å². The molecular formula is C33H39F2NO4. The van der Waals surface area contributed by atoms with Crippen LogP contribution in [-0.2, 0) is 31.4 Å². The molecule has 0 N–H and O–H groups in total. The van der Waals surface area contributed by atoms with Crippen LogP contribution in [-0.4, -0.2) is 49.6 Å². The molecule has 0 spiro atoms. The summed E-state index contributed by atoms with van der Waals surface area (Å²) in [5.41, 5.74) is 2.06. The Hall–Kier alpha value is -3.16. The van der Waals surface area contributed by atoms with E-state index in [-0.39, 0.29) is 29.9 Å². The van der Waals surface area contributed by atoms with E-state index in [9.17, 15) is 18.4 Å². The van der Waals surface area contributed by atoms with Crippen molar-refractivity contribution in [1.82, 2.24) is 4.90 Å². The topological polar surface area (TPSA) is 55.8 Å². The molecule has 5 nitrogen and oxygen atoms in total. The van der Waals surface area contributed by atoms with Crippen LogP contribution in [0.2, 0.25) is 0 Å². The van der Waals surface area contributed by atoms with Crippen LogP contribution < -0.4 is 0 Å². The van der Waals surface area contributed by atoms with Crippen LogP contribution in [0.5, 0.6) is 0 Å². The average Bonchev–Trinajstić information content (AvgIpc) is 3.46. The van der Waals surface area contributed by atoms with Crippen molar-refractivity contribution in [2.45, 2.75) is 69.5 Å². The normalized spacial score (nSPS) is 20.3. The molecular weight excluding hydrogens is 512 g/mol. The number of hydrogen-bond acceptors (Lipinski definition) is 4. The first-order valence-corrected chi connectivity index (χ1v) is 14.0. The lowest BCUT2D eigenvalue weighted by Crippen LogP contribution is -2.41. The van der Waals surface area contributed by atoms with Gasteiger partial charge in [-0.2, -0.15) is 0 Å². The van der Waals surface area contributed by atoms with Gasteiger partial charge in [0.2, 0.25) is 5.91 Å². The minimum Gasteiger partial charge on any atom is -0.374 e. The van der Waals surface area contributed by atoms with E-state index in [0.29, 0.717) is 30.0 Å². The van der Waals surface area contributed by atoms with Gasteiger partial charge in [-0.1, -0.05) is 86.4 Å². The zero-order chi connectivity index (χ0) is 28.7. The van der Waals surface area contributed by atoms with E-state index >= 15 is 0 Å². The summed E-state index contributed by atoms with van der Waals surface area (Å²) in [5, 5.41) is 0. The predicted molar refractivity (Wildman–Crippen MR) is 151 cm³/mol. The van der Waals surface area contributed by atoms with Gasteiger partial charge in [-0.3, -0.25) is 9.59 Å². The SMILES string of the molecule is COC1C=CC(N(CCc2ccc(C(C)(F)F)cc2)C(=O)C(C(=O)CC2CCCC2)c2ccccc2)=C[C@@H]1OC. The molecule has 4 rings (SSSR count). The number of Topliss-reactive ketones (excluding diaryl/α,β-unsaturated/α-hetero) is 1. The molecule has 0 heterocycles. The van der Waals surface area contributed by atoms with Gasteiger partial charge in [0.15, 0.2) is 0 Å². The van der Waals surface area contributed by atoms with E-state index < -0.39 is 17.9 Å². The molecule has 7 heteroatoms. The smallest absolute Gasteiger partial charge is 0.270 e. The summed E-state index contributed by atoms with van der Waals surface area (Å²) >= 11 is 0. The van der Waals surface area contributed by atoms with Crippen molar-refractivity contribution in [3.05, 3.63) is 95.2 Å². The van der Waals surface area contributed by atoms with Crippen molar-refractivity contribution in [1.29, 1.82) is 0 Å². The van der Waals surface area contributed by atoms with Gasteiger partial charge in [0.25, 0.3) is 5.92 Å². The number of allylic oxidation sites excluding steroid dienone is 1. The Labute approximate surface area is 235 Å². The number of methoxy groups -OCH3 is 2. The molecule has 2 aliphatic rings. The highest BCUT2D eigenvalue weighted by Gasteiger charge is 2.36. The summed E-state index contributed by atoms with van der Waals surface area (Å²) in [6, 6.07) is 15.4. The lowest BCUT2D eigenvalue weighted by Gasteiger charge is -2.32. The van der Waals surface area contributed by atoms with E-state index in [1.807, 2.05) is 48.6 Å². The van der Waals surface area contributed by atoms with Crippen LogP contribution >= 0.6 is 0 Å². The standard InChI is InChI=1S/C33H39F2NO4/c1-33(34,35)26-15-13-23(14-16-26)19-20-36(27-17-18-29(39-2)30(22-27)40-3)32(38)31(25-11-5-4-6-12-25)28(37)21-24-9-7-8-10-24/h4-6,11-18,22,24,29-31H,7-10,19-21H2,1-3H3/t29?,30-,31?/m0/s1. The zero-order valence-electron chi connectivity index (χ0n) is 23.5. The lowest BCUT2D eigenvalue weighted by atomic mass is 9.87. The van der Waals surface area contributed by atoms with Crippen LogP contribution in [0.4, 0.5) is 8.78 Å². The fourth-order valence-electron chi connectivity index (χ4n) is 5.67. The molecule has 2 aliphatic carbocycles. The van der Waals surface area contributed by atoms with Crippen molar-refractivity contribution in [2.75, 3.05) is 20.8 Å². The number of benzene rings is 2. The predicted octanol–water partition coefficient (Wildman–Crippen LogP) is 6.59. The van der Waals surface area contributed by atoms with Crippen LogP contribution in [0.1, 0.15) is 61.6 Å². The maximum Gasteiger partial charge on any atom is 0.270 e. The van der Waals surface area contributed by atoms with Gasteiger partial charge < -0.3 is 14.4 Å². The van der Waals surface area contributed by atoms with Gasteiger partial charge in [0, 0.05) is 45.4 Å². The zero-order valence-corrected chi connectivity index (χ0v) is 23.5. The Balaban J connectivity index is 1.65. The Kier molecular flexibility index (Phi) is 10.0. The van der Waals surface area contributed by atoms with E-state index in [0.717, 1.165) is 38.2 Å². The first-order valence-electron chi connectivity index (χ1n) is 14.0. The molecule has 1 fully saturated rings. The lowest BCUT2D eigenvalue weighted by molar-refractivity contribution is -0.136. The highest BCUT2D eigenvalue weighted by Crippen LogP contribution is 2.33. The molecule has 1 amide bonds. The quantitative estimate of drug-likeness (QED) is 0.280. The van der Waals surface area contributed by atoms with Gasteiger partial charge in [-0.15, -0.1) is 0 Å². The number of amides is 1. The minimum atomic E-state index is -2.92. The third kappa shape index (κ3) is 7.32.